The van der Waals surface area contributed by atoms with Gasteiger partial charge in [0.2, 0.25) is 0 Å². The van der Waals surface area contributed by atoms with Crippen molar-refractivity contribution >= 4 is 27.8 Å². The zero-order valence-electron chi connectivity index (χ0n) is 41.0. The molecule has 5 aliphatic rings. The highest BCUT2D eigenvalue weighted by Crippen LogP contribution is 2.54. The van der Waals surface area contributed by atoms with Crippen LogP contribution in [0, 0.1) is 48.3 Å². The first-order valence-electron chi connectivity index (χ1n) is 24.5. The molecule has 372 valence electrons. The molecule has 2 amide bonds. The molecule has 5 N–H and O–H groups in total. The molecule has 5 aliphatic heterocycles. The first kappa shape index (κ1) is 52.4. The summed E-state index contributed by atoms with van der Waals surface area (Å²) in [7, 11) is -4.24. The number of rotatable bonds is 15. The highest BCUT2D eigenvalue weighted by Gasteiger charge is 2.63. The molecule has 66 heavy (non-hydrogen) atoms. The first-order valence-corrected chi connectivity index (χ1v) is 26.0. The summed E-state index contributed by atoms with van der Waals surface area (Å²) in [5.74, 6) is -6.92. The SMILES string of the molecule is CCC(C(=O)[C@@H](C)[C@@H](O)[C@H](C)[C@@H]1O[C@@H]([C@@H](CC)C(=O)O)CC[C@@H]1C)[C@H]1O[C@]2(C=CC(NC(=O)NS(=O)(=O)c3ccc(C)cc3)[C@]3(CC[C@@](C)([C@H]4CC[C@](O)(CC)[C@H](C)O4)O3)O2)[C@H](C)C[C@@H]1C. The second-order valence-corrected chi connectivity index (χ2v) is 22.5. The second-order valence-electron chi connectivity index (χ2n) is 20.8. The van der Waals surface area contributed by atoms with Gasteiger partial charge in [0, 0.05) is 30.1 Å². The molecule has 16 heteroatoms. The third kappa shape index (κ3) is 10.3. The number of aryl methyl sites for hydroxylation is 1. The maximum absolute atomic E-state index is 14.7. The third-order valence-electron chi connectivity index (χ3n) is 16.3. The van der Waals surface area contributed by atoms with Crippen LogP contribution in [0.15, 0.2) is 41.3 Å². The van der Waals surface area contributed by atoms with Crippen LogP contribution in [0.25, 0.3) is 0 Å². The van der Waals surface area contributed by atoms with Gasteiger partial charge in [-0.05, 0) is 109 Å². The number of carbonyl (C=O) groups is 3. The van der Waals surface area contributed by atoms with Crippen LogP contribution in [-0.2, 0) is 43.3 Å². The van der Waals surface area contributed by atoms with Crippen LogP contribution in [0.3, 0.4) is 0 Å². The van der Waals surface area contributed by atoms with Crippen molar-refractivity contribution in [2.75, 3.05) is 0 Å². The zero-order valence-corrected chi connectivity index (χ0v) is 41.8. The monoisotopic (exact) mass is 947 g/mol. The Balaban J connectivity index is 1.26. The Hall–Kier alpha value is -2.96. The first-order chi connectivity index (χ1) is 30.9. The van der Waals surface area contributed by atoms with Gasteiger partial charge in [-0.1, -0.05) is 79.2 Å². The van der Waals surface area contributed by atoms with Crippen molar-refractivity contribution in [3.8, 4) is 0 Å². The van der Waals surface area contributed by atoms with E-state index in [-0.39, 0.29) is 34.9 Å². The quantitative estimate of drug-likeness (QED) is 0.110. The minimum atomic E-state index is -4.24. The number of hydrogen-bond donors (Lipinski definition) is 5. The third-order valence-corrected chi connectivity index (χ3v) is 17.7. The lowest BCUT2D eigenvalue weighted by Crippen LogP contribution is -2.66. The number of hydrogen-bond acceptors (Lipinski definition) is 12. The molecular formula is C50H78N2O13S. The molecule has 4 saturated heterocycles. The van der Waals surface area contributed by atoms with Gasteiger partial charge < -0.3 is 44.3 Å². The summed E-state index contributed by atoms with van der Waals surface area (Å²) in [6, 6.07) is 4.18. The van der Waals surface area contributed by atoms with E-state index in [1.807, 2.05) is 69.2 Å². The summed E-state index contributed by atoms with van der Waals surface area (Å²) in [6.07, 6.45) is 5.02. The largest absolute Gasteiger partial charge is 0.481 e. The molecule has 0 aliphatic carbocycles. The Bertz CT molecular complexity index is 2030. The van der Waals surface area contributed by atoms with E-state index in [2.05, 4.69) is 10.0 Å². The molecule has 5 heterocycles. The number of urea groups is 1. The van der Waals surface area contributed by atoms with E-state index in [0.29, 0.717) is 51.4 Å². The van der Waals surface area contributed by atoms with Crippen LogP contribution in [-0.4, -0.2) is 107 Å². The van der Waals surface area contributed by atoms with Crippen LogP contribution in [0.1, 0.15) is 139 Å². The summed E-state index contributed by atoms with van der Waals surface area (Å²) < 4.78 is 63.2. The number of amides is 2. The lowest BCUT2D eigenvalue weighted by atomic mass is 9.72. The van der Waals surface area contributed by atoms with Crippen molar-refractivity contribution in [1.82, 2.24) is 10.0 Å². The lowest BCUT2D eigenvalue weighted by Gasteiger charge is -2.55. The standard InChI is InChI=1S/C50H78N2O13S/c1-12-36(45(55)56)38-20-17-29(5)43(62-38)33(9)41(53)32(8)42(54)37(13-2)44-30(6)27-31(7)49(63-44)24-21-39(51-46(57)52-66(59,60)35-18-15-28(4)16-19-35)50(65-49)26-25-47(11,64-50)40-22-23-48(58,14-3)34(10)61-40/h15-16,18-19,21,24,29-34,36-41,43-44,53,58H,12-14,17,20,22-23,25-27H2,1-11H3,(H,55,56)(H2,51,52,57)/t29-,30-,31+,32-,33-,34-,36+,37?,38+,39?,40+,41+,43+,44-,47-,48+,49-,50-/m0/s1. The van der Waals surface area contributed by atoms with Gasteiger partial charge in [-0.3, -0.25) is 9.59 Å². The molecule has 2 spiro atoms. The predicted molar refractivity (Wildman–Crippen MR) is 246 cm³/mol. The van der Waals surface area contributed by atoms with Gasteiger partial charge in [-0.2, -0.15) is 0 Å². The smallest absolute Gasteiger partial charge is 0.329 e. The minimum Gasteiger partial charge on any atom is -0.481 e. The second kappa shape index (κ2) is 20.2. The fourth-order valence-corrected chi connectivity index (χ4v) is 12.7. The number of nitrogens with one attached hydrogen (secondary N) is 2. The number of carbonyl (C=O) groups excluding carboxylic acids is 2. The van der Waals surface area contributed by atoms with E-state index in [1.54, 1.807) is 31.2 Å². The van der Waals surface area contributed by atoms with Gasteiger partial charge in [0.15, 0.2) is 11.6 Å². The number of aliphatic hydroxyl groups is 2. The Morgan fingerprint density at radius 3 is 2.15 bits per heavy atom. The molecule has 0 saturated carbocycles. The summed E-state index contributed by atoms with van der Waals surface area (Å²) in [6.45, 7) is 21.0. The van der Waals surface area contributed by atoms with Gasteiger partial charge in [0.25, 0.3) is 10.0 Å². The van der Waals surface area contributed by atoms with E-state index < -0.39 is 111 Å². The highest BCUT2D eigenvalue weighted by molar-refractivity contribution is 7.90. The number of ketones is 1. The Morgan fingerprint density at radius 1 is 0.879 bits per heavy atom. The van der Waals surface area contributed by atoms with Crippen LogP contribution in [0.4, 0.5) is 4.79 Å². The van der Waals surface area contributed by atoms with Crippen molar-refractivity contribution in [2.24, 2.45) is 41.4 Å². The van der Waals surface area contributed by atoms with Gasteiger partial charge in [-0.25, -0.2) is 17.9 Å². The molecule has 18 atom stereocenters. The number of ether oxygens (including phenoxy) is 5. The number of sulfonamides is 1. The number of carboxylic acids is 1. The van der Waals surface area contributed by atoms with Crippen LogP contribution in [0.5, 0.6) is 0 Å². The summed E-state index contributed by atoms with van der Waals surface area (Å²) >= 11 is 0. The molecular weight excluding hydrogens is 869 g/mol. The molecule has 0 aromatic heterocycles. The Morgan fingerprint density at radius 2 is 1.55 bits per heavy atom. The molecule has 1 aromatic carbocycles. The zero-order chi connectivity index (χ0) is 48.7. The molecule has 4 fully saturated rings. The lowest BCUT2D eigenvalue weighted by molar-refractivity contribution is -0.397. The number of aliphatic hydroxyl groups excluding tert-OH is 1. The number of Topliss-reactive ketones (excluding diaryl/α,β-unsaturated/α-hetero) is 1. The molecule has 0 radical (unpaired) electrons. The van der Waals surface area contributed by atoms with Gasteiger partial charge >= 0.3 is 12.0 Å². The van der Waals surface area contributed by atoms with Crippen molar-refractivity contribution in [2.45, 2.75) is 211 Å². The fourth-order valence-electron chi connectivity index (χ4n) is 11.7. The normalized spacial score (nSPS) is 39.4. The molecule has 1 aromatic rings. The van der Waals surface area contributed by atoms with Crippen molar-refractivity contribution < 1.29 is 61.8 Å². The maximum Gasteiger partial charge on any atom is 0.329 e. The van der Waals surface area contributed by atoms with Crippen LogP contribution < -0.4 is 10.0 Å². The van der Waals surface area contributed by atoms with E-state index in [4.69, 9.17) is 23.7 Å². The fraction of sp³-hybridized carbons (Fsp3) is 0.780. The Labute approximate surface area is 392 Å². The van der Waals surface area contributed by atoms with Gasteiger partial charge in [0.1, 0.15) is 11.8 Å². The highest BCUT2D eigenvalue weighted by atomic mass is 32.2. The van der Waals surface area contributed by atoms with E-state index in [0.717, 1.165) is 12.0 Å². The van der Waals surface area contributed by atoms with Crippen molar-refractivity contribution in [3.63, 3.8) is 0 Å². The summed E-state index contributed by atoms with van der Waals surface area (Å²) in [5.41, 5.74) is -1.06. The Kier molecular flexibility index (Phi) is 16.0. The average Bonchev–Trinajstić information content (AvgIpc) is 3.61. The number of benzene rings is 1. The van der Waals surface area contributed by atoms with Crippen LogP contribution >= 0.6 is 0 Å². The molecule has 2 unspecified atom stereocenters. The maximum atomic E-state index is 14.7. The molecule has 0 bridgehead atoms. The molecule has 6 rings (SSSR count). The van der Waals surface area contributed by atoms with Crippen LogP contribution in [0.2, 0.25) is 0 Å². The number of carboxylic acid groups (broad SMARTS) is 1. The summed E-state index contributed by atoms with van der Waals surface area (Å²) in [5, 5.41) is 35.8. The topological polar surface area (TPSA) is 216 Å². The minimum absolute atomic E-state index is 0.0568. The van der Waals surface area contributed by atoms with Gasteiger partial charge in [-0.15, -0.1) is 0 Å². The van der Waals surface area contributed by atoms with Crippen molar-refractivity contribution in [3.05, 3.63) is 42.0 Å². The van der Waals surface area contributed by atoms with E-state index in [1.165, 1.54) is 12.1 Å². The van der Waals surface area contributed by atoms with E-state index in [9.17, 15) is 38.1 Å². The van der Waals surface area contributed by atoms with Gasteiger partial charge in [0.05, 0.1) is 58.6 Å². The molecule has 15 nitrogen and oxygen atoms in total. The number of aliphatic carboxylic acids is 1. The average molecular weight is 947 g/mol. The summed E-state index contributed by atoms with van der Waals surface area (Å²) in [4.78, 5) is 40.4. The van der Waals surface area contributed by atoms with Crippen molar-refractivity contribution in [1.29, 1.82) is 0 Å². The predicted octanol–water partition coefficient (Wildman–Crippen LogP) is 7.19. The van der Waals surface area contributed by atoms with E-state index >= 15 is 0 Å².